The minimum atomic E-state index is 1.33. The summed E-state index contributed by atoms with van der Waals surface area (Å²) in [6, 6.07) is 0. The first kappa shape index (κ1) is 30.9. The Morgan fingerprint density at radius 1 is 0.379 bits per heavy atom. The molecule has 2 heteroatoms. The molecule has 1 nitrogen and oxygen atoms in total. The highest BCUT2D eigenvalue weighted by Gasteiger charge is 1.95. The van der Waals surface area contributed by atoms with Crippen LogP contribution in [0.4, 0.5) is 0 Å². The quantitative estimate of drug-likeness (QED) is 0.0924. The zero-order chi connectivity index (χ0) is 21.7. The Balaban J connectivity index is 0. The Labute approximate surface area is 191 Å². The van der Waals surface area contributed by atoms with Gasteiger partial charge >= 0.3 is 0 Å². The number of rotatable bonds is 23. The lowest BCUT2D eigenvalue weighted by atomic mass is 10.0. The molecule has 0 aromatic carbocycles. The summed E-state index contributed by atoms with van der Waals surface area (Å²) < 4.78 is 0. The summed E-state index contributed by atoms with van der Waals surface area (Å²) in [6.45, 7) is 4.61. The van der Waals surface area contributed by atoms with Gasteiger partial charge in [0.1, 0.15) is 0 Å². The topological polar surface area (TPSA) is 23.8 Å². The van der Waals surface area contributed by atoms with Crippen molar-refractivity contribution < 1.29 is 0 Å². The third-order valence-corrected chi connectivity index (χ3v) is 5.96. The molecule has 0 heterocycles. The van der Waals surface area contributed by atoms with Gasteiger partial charge in [-0.1, -0.05) is 173 Å². The number of nitrogens with zero attached hydrogens (tertiary/aromatic N) is 1. The fourth-order valence-electron chi connectivity index (χ4n) is 4.04. The van der Waals surface area contributed by atoms with Crippen LogP contribution in [-0.2, 0) is 12.6 Å². The van der Waals surface area contributed by atoms with Gasteiger partial charge in [0, 0.05) is 0 Å². The lowest BCUT2D eigenvalue weighted by molar-refractivity contribution is 0.518. The standard InChI is InChI=1S/C26H54.CHNS/c1-3-5-7-9-11-13-15-17-19-21-23-25-26-24-22-20-18-16-14-12-10-8-6-4-2;2-1-3/h3-26H2,1-2H3;3H/p-1. The summed E-state index contributed by atoms with van der Waals surface area (Å²) in [6.07, 6.45) is 35.4. The van der Waals surface area contributed by atoms with Crippen molar-refractivity contribution >= 4 is 12.6 Å². The van der Waals surface area contributed by atoms with Gasteiger partial charge in [0.2, 0.25) is 0 Å². The maximum atomic E-state index is 7.13. The monoisotopic (exact) mass is 424 g/mol. The molecule has 0 amide bonds. The normalized spacial score (nSPS) is 10.4. The third kappa shape index (κ3) is 35.5. The van der Waals surface area contributed by atoms with E-state index in [0.29, 0.717) is 0 Å². The first-order chi connectivity index (χ1) is 14.3. The van der Waals surface area contributed by atoms with Gasteiger partial charge in [-0.15, -0.1) is 0 Å². The van der Waals surface area contributed by atoms with E-state index in [2.05, 4.69) is 26.5 Å². The van der Waals surface area contributed by atoms with Crippen molar-refractivity contribution in [1.82, 2.24) is 0 Å². The number of hydrogen-bond acceptors (Lipinski definition) is 2. The van der Waals surface area contributed by atoms with Crippen LogP contribution in [0.2, 0.25) is 0 Å². The van der Waals surface area contributed by atoms with E-state index >= 15 is 0 Å². The third-order valence-electron chi connectivity index (χ3n) is 5.96. The summed E-state index contributed by atoms with van der Waals surface area (Å²) in [5.41, 5.74) is 0. The van der Waals surface area contributed by atoms with Crippen molar-refractivity contribution in [1.29, 1.82) is 5.26 Å². The number of hydrogen-bond donors (Lipinski definition) is 0. The van der Waals surface area contributed by atoms with Gasteiger partial charge in [-0.3, -0.25) is 0 Å². The SMILES string of the molecule is CCCCCCCCCCCCCCCCCCCCCCCCCC.N#C[S-]. The average Bonchev–Trinajstić information content (AvgIpc) is 2.72. The number of nitriles is 1. The minimum absolute atomic E-state index is 1.33. The summed E-state index contributed by atoms with van der Waals surface area (Å²) in [5.74, 6) is 0. The fourth-order valence-corrected chi connectivity index (χ4v) is 4.04. The molecule has 174 valence electrons. The van der Waals surface area contributed by atoms with Crippen molar-refractivity contribution in [2.45, 2.75) is 168 Å². The number of unbranched alkanes of at least 4 members (excludes halogenated alkanes) is 23. The molecular weight excluding hydrogens is 370 g/mol. The van der Waals surface area contributed by atoms with Crippen molar-refractivity contribution in [3.05, 3.63) is 0 Å². The van der Waals surface area contributed by atoms with Gasteiger partial charge in [-0.25, -0.2) is 5.26 Å². The molecule has 0 saturated heterocycles. The van der Waals surface area contributed by atoms with E-state index < -0.39 is 0 Å². The molecule has 0 aliphatic rings. The van der Waals surface area contributed by atoms with E-state index in [0.717, 1.165) is 0 Å². The Kier molecular flexibility index (Phi) is 34.5. The van der Waals surface area contributed by atoms with Crippen molar-refractivity contribution in [2.75, 3.05) is 0 Å². The average molecular weight is 425 g/mol. The molecule has 29 heavy (non-hydrogen) atoms. The van der Waals surface area contributed by atoms with Crippen LogP contribution < -0.4 is 0 Å². The van der Waals surface area contributed by atoms with E-state index in [1.54, 1.807) is 0 Å². The first-order valence-corrected chi connectivity index (χ1v) is 13.8. The first-order valence-electron chi connectivity index (χ1n) is 13.3. The van der Waals surface area contributed by atoms with Crippen molar-refractivity contribution in [3.8, 4) is 5.40 Å². The molecule has 0 aromatic rings. The molecule has 0 bridgehead atoms. The largest absolute Gasteiger partial charge is 0.696 e. The molecule has 0 rings (SSSR count). The van der Waals surface area contributed by atoms with E-state index in [4.69, 9.17) is 5.26 Å². The Morgan fingerprint density at radius 3 is 0.586 bits per heavy atom. The van der Waals surface area contributed by atoms with Crippen molar-refractivity contribution in [3.63, 3.8) is 0 Å². The highest BCUT2D eigenvalue weighted by atomic mass is 32.1. The second kappa shape index (κ2) is 32.4. The van der Waals surface area contributed by atoms with Gasteiger partial charge in [-0.2, -0.15) is 0 Å². The summed E-state index contributed by atoms with van der Waals surface area (Å²) in [4.78, 5) is 0. The zero-order valence-corrected chi connectivity index (χ0v) is 21.1. The van der Waals surface area contributed by atoms with Crippen molar-refractivity contribution in [2.24, 2.45) is 0 Å². The van der Waals surface area contributed by atoms with Crippen LogP contribution >= 0.6 is 0 Å². The molecular formula is C27H54NS-. The zero-order valence-electron chi connectivity index (χ0n) is 20.3. The minimum Gasteiger partial charge on any atom is -0.696 e. The number of thiocyanates is 1. The van der Waals surface area contributed by atoms with Crippen LogP contribution in [0.3, 0.4) is 0 Å². The molecule has 0 atom stereocenters. The van der Waals surface area contributed by atoms with E-state index in [1.165, 1.54) is 160 Å². The Hall–Kier alpha value is -0.290. The summed E-state index contributed by atoms with van der Waals surface area (Å²) in [5, 5.41) is 8.47. The van der Waals surface area contributed by atoms with E-state index in [1.807, 2.05) is 0 Å². The molecule has 0 N–H and O–H groups in total. The van der Waals surface area contributed by atoms with Crippen LogP contribution in [-0.4, -0.2) is 0 Å². The maximum Gasteiger partial charge on any atom is -0.0533 e. The van der Waals surface area contributed by atoms with Gasteiger partial charge < -0.3 is 12.6 Å². The van der Waals surface area contributed by atoms with Crippen LogP contribution in [0.25, 0.3) is 0 Å². The van der Waals surface area contributed by atoms with Gasteiger partial charge in [0.05, 0.1) is 0 Å². The molecule has 0 aliphatic carbocycles. The summed E-state index contributed by atoms with van der Waals surface area (Å²) >= 11 is 3.70. The summed E-state index contributed by atoms with van der Waals surface area (Å²) in [7, 11) is 0. The lowest BCUT2D eigenvalue weighted by Crippen LogP contribution is -1.84. The van der Waals surface area contributed by atoms with Crippen LogP contribution in [0.15, 0.2) is 0 Å². The molecule has 0 fully saturated rings. The Morgan fingerprint density at radius 2 is 0.483 bits per heavy atom. The van der Waals surface area contributed by atoms with Gasteiger partial charge in [0.15, 0.2) is 0 Å². The fraction of sp³-hybridized carbons (Fsp3) is 0.963. The van der Waals surface area contributed by atoms with Crippen LogP contribution in [0.5, 0.6) is 0 Å². The lowest BCUT2D eigenvalue weighted by Gasteiger charge is -2.04. The van der Waals surface area contributed by atoms with Gasteiger partial charge in [-0.05, 0) is 0 Å². The molecule has 0 radical (unpaired) electrons. The molecule has 0 unspecified atom stereocenters. The molecule has 0 aliphatic heterocycles. The van der Waals surface area contributed by atoms with Crippen LogP contribution in [0.1, 0.15) is 168 Å². The highest BCUT2D eigenvalue weighted by Crippen LogP contribution is 2.15. The molecule has 0 aromatic heterocycles. The van der Waals surface area contributed by atoms with E-state index in [-0.39, 0.29) is 0 Å². The second-order valence-electron chi connectivity index (χ2n) is 8.87. The molecule has 0 spiro atoms. The predicted molar refractivity (Wildman–Crippen MR) is 135 cm³/mol. The Bertz CT molecular complexity index is 273. The second-order valence-corrected chi connectivity index (χ2v) is 9.05. The highest BCUT2D eigenvalue weighted by molar-refractivity contribution is 7.64. The van der Waals surface area contributed by atoms with Crippen LogP contribution in [0, 0.1) is 10.7 Å². The predicted octanol–water partition coefficient (Wildman–Crippen LogP) is 10.4. The van der Waals surface area contributed by atoms with E-state index in [9.17, 15) is 0 Å². The smallest absolute Gasteiger partial charge is 0.0533 e. The molecule has 0 saturated carbocycles. The maximum absolute atomic E-state index is 7.13. The van der Waals surface area contributed by atoms with Gasteiger partial charge in [0.25, 0.3) is 0 Å².